The Morgan fingerprint density at radius 2 is 1.64 bits per heavy atom. The van der Waals surface area contributed by atoms with Gasteiger partial charge in [0.25, 0.3) is 0 Å². The highest BCUT2D eigenvalue weighted by molar-refractivity contribution is 7.22. The molecule has 3 nitrogen and oxygen atoms in total. The lowest BCUT2D eigenvalue weighted by atomic mass is 10.2. The van der Waals surface area contributed by atoms with Crippen LogP contribution in [0.15, 0.2) is 30.3 Å². The van der Waals surface area contributed by atoms with Crippen LogP contribution >= 0.6 is 8.46 Å². The first-order valence-corrected chi connectivity index (χ1v) is 3.76. The molecular weight excluding hydrogens is 159 g/mol. The van der Waals surface area contributed by atoms with Crippen molar-refractivity contribution in [2.24, 2.45) is 0 Å². The van der Waals surface area contributed by atoms with Gasteiger partial charge in [0.1, 0.15) is 0 Å². The quantitative estimate of drug-likeness (QED) is 0.613. The largest absolute Gasteiger partial charge is 0.275 e. The number of hydrogen-bond acceptors (Lipinski definition) is 1. The summed E-state index contributed by atoms with van der Waals surface area (Å²) in [6, 6.07) is 9.77. The summed E-state index contributed by atoms with van der Waals surface area (Å²) < 4.78 is 10.1. The van der Waals surface area contributed by atoms with Crippen molar-refractivity contribution >= 4 is 8.46 Å². The van der Waals surface area contributed by atoms with Crippen molar-refractivity contribution in [2.45, 2.75) is 6.16 Å². The van der Waals surface area contributed by atoms with Crippen LogP contribution < -0.4 is 12.3 Å². The summed E-state index contributed by atoms with van der Waals surface area (Å²) in [7, 11) is 0.195. The summed E-state index contributed by atoms with van der Waals surface area (Å²) in [5.41, 5.74) is 1.12. The lowest BCUT2D eigenvalue weighted by molar-refractivity contribution is 0.598. The maximum Gasteiger partial charge on any atom is 0.160 e. The molecule has 6 radical (unpaired) electrons. The first-order valence-electron chi connectivity index (χ1n) is 2.76. The van der Waals surface area contributed by atoms with Gasteiger partial charge >= 0.3 is 0 Å². The van der Waals surface area contributed by atoms with Crippen LogP contribution in [0.3, 0.4) is 0 Å². The van der Waals surface area contributed by atoms with E-state index in [1.54, 1.807) is 0 Å². The highest BCUT2D eigenvalue weighted by Crippen LogP contribution is 2.06. The third kappa shape index (κ3) is 4.62. The van der Waals surface area contributed by atoms with Gasteiger partial charge < -0.3 is 0 Å². The first-order chi connectivity index (χ1) is 4.43. The zero-order valence-corrected chi connectivity index (χ0v) is 6.74. The van der Waals surface area contributed by atoms with Crippen molar-refractivity contribution in [3.63, 3.8) is 0 Å². The van der Waals surface area contributed by atoms with E-state index in [-0.39, 0.29) is 20.8 Å². The van der Waals surface area contributed by atoms with Crippen LogP contribution in [0.25, 0.3) is 0 Å². The van der Waals surface area contributed by atoms with E-state index in [1.807, 2.05) is 30.3 Å². The summed E-state index contributed by atoms with van der Waals surface area (Å²) >= 11 is 0. The zero-order chi connectivity index (χ0) is 6.53. The van der Waals surface area contributed by atoms with Crippen LogP contribution in [0.2, 0.25) is 0 Å². The fourth-order valence-electron chi connectivity index (χ4n) is 0.658. The standard InChI is InChI=1S/C7H7OP.2N/c8-9-6-7-4-2-1-3-5-7;;/h1-5H,6H2;;. The van der Waals surface area contributed by atoms with Gasteiger partial charge in [0.15, 0.2) is 8.46 Å². The van der Waals surface area contributed by atoms with Crippen molar-refractivity contribution < 1.29 is 4.57 Å². The molecule has 0 amide bonds. The van der Waals surface area contributed by atoms with Gasteiger partial charge in [-0.2, -0.15) is 0 Å². The summed E-state index contributed by atoms with van der Waals surface area (Å²) in [4.78, 5) is 0. The molecule has 0 aliphatic heterocycles. The molecule has 0 bridgehead atoms. The van der Waals surface area contributed by atoms with E-state index in [1.165, 1.54) is 0 Å². The number of hydrogen-bond donors (Lipinski definition) is 0. The molecule has 1 aromatic rings. The lowest BCUT2D eigenvalue weighted by Crippen LogP contribution is -1.71. The monoisotopic (exact) mass is 166 g/mol. The molecule has 1 aromatic carbocycles. The Morgan fingerprint density at radius 1 is 1.09 bits per heavy atom. The van der Waals surface area contributed by atoms with E-state index >= 15 is 0 Å². The van der Waals surface area contributed by atoms with Crippen molar-refractivity contribution in [3.8, 4) is 0 Å². The highest BCUT2D eigenvalue weighted by atomic mass is 31.1. The SMILES string of the molecule is O=PCc1ccccc1.[N].[N]. The average molecular weight is 166 g/mol. The smallest absolute Gasteiger partial charge is 0.160 e. The molecule has 0 spiro atoms. The molecule has 11 heavy (non-hydrogen) atoms. The molecule has 0 aliphatic rings. The molecule has 0 saturated heterocycles. The molecule has 4 heteroatoms. The molecule has 56 valence electrons. The Labute approximate surface area is 68.2 Å². The van der Waals surface area contributed by atoms with Gasteiger partial charge in [-0.05, 0) is 5.56 Å². The Bertz CT molecular complexity index is 191. The van der Waals surface area contributed by atoms with Crippen molar-refractivity contribution in [3.05, 3.63) is 35.9 Å². The Balaban J connectivity index is 0. The van der Waals surface area contributed by atoms with Gasteiger partial charge in [0.2, 0.25) is 0 Å². The first kappa shape index (κ1) is 12.9. The van der Waals surface area contributed by atoms with Crippen molar-refractivity contribution in [1.82, 2.24) is 12.3 Å². The van der Waals surface area contributed by atoms with Crippen LogP contribution in [0, 0.1) is 0 Å². The van der Waals surface area contributed by atoms with Crippen LogP contribution in [0.1, 0.15) is 5.56 Å². The van der Waals surface area contributed by atoms with Crippen molar-refractivity contribution in [1.29, 1.82) is 0 Å². The normalized spacial score (nSPS) is 8.00. The van der Waals surface area contributed by atoms with E-state index in [4.69, 9.17) is 0 Å². The van der Waals surface area contributed by atoms with E-state index < -0.39 is 0 Å². The van der Waals surface area contributed by atoms with Gasteiger partial charge in [0, 0.05) is 12.3 Å². The minimum Gasteiger partial charge on any atom is -0.275 e. The van der Waals surface area contributed by atoms with Gasteiger partial charge in [-0.1, -0.05) is 30.3 Å². The van der Waals surface area contributed by atoms with Gasteiger partial charge in [-0.25, -0.2) is 0 Å². The van der Waals surface area contributed by atoms with Gasteiger partial charge in [0.05, 0.1) is 6.16 Å². The van der Waals surface area contributed by atoms with Crippen LogP contribution in [-0.2, 0) is 10.7 Å². The average Bonchev–Trinajstić information content (AvgIpc) is 1.91. The predicted octanol–water partition coefficient (Wildman–Crippen LogP) is 1.52. The maximum atomic E-state index is 10.1. The fraction of sp³-hybridized carbons (Fsp3) is 0.143. The molecule has 0 heterocycles. The summed E-state index contributed by atoms with van der Waals surface area (Å²) in [6.45, 7) is 0. The molecule has 0 aliphatic carbocycles. The van der Waals surface area contributed by atoms with Crippen LogP contribution in [-0.4, -0.2) is 0 Å². The van der Waals surface area contributed by atoms with Gasteiger partial charge in [-0.15, -0.1) is 0 Å². The van der Waals surface area contributed by atoms with Gasteiger partial charge in [-0.3, -0.25) is 4.57 Å². The molecular formula is C7H7N2OP. The fourth-order valence-corrected chi connectivity index (χ4v) is 1.02. The molecule has 1 rings (SSSR count). The third-order valence-electron chi connectivity index (χ3n) is 1.09. The summed E-state index contributed by atoms with van der Waals surface area (Å²) in [5.74, 6) is 0. The zero-order valence-electron chi connectivity index (χ0n) is 5.84. The van der Waals surface area contributed by atoms with Crippen molar-refractivity contribution in [2.75, 3.05) is 0 Å². The highest BCUT2D eigenvalue weighted by Gasteiger charge is 1.85. The second-order valence-electron chi connectivity index (χ2n) is 1.77. The van der Waals surface area contributed by atoms with E-state index in [9.17, 15) is 4.57 Å². The summed E-state index contributed by atoms with van der Waals surface area (Å²) in [5, 5.41) is 0. The number of benzene rings is 1. The van der Waals surface area contributed by atoms with Crippen LogP contribution in [0.5, 0.6) is 0 Å². The van der Waals surface area contributed by atoms with E-state index in [2.05, 4.69) is 0 Å². The Morgan fingerprint density at radius 3 is 2.09 bits per heavy atom. The molecule has 0 aromatic heterocycles. The molecule has 0 unspecified atom stereocenters. The van der Waals surface area contributed by atoms with E-state index in [0.29, 0.717) is 6.16 Å². The second-order valence-corrected chi connectivity index (χ2v) is 2.35. The second kappa shape index (κ2) is 7.35. The van der Waals surface area contributed by atoms with Crippen LogP contribution in [0.4, 0.5) is 0 Å². The maximum absolute atomic E-state index is 10.1. The minimum absolute atomic E-state index is 0. The predicted molar refractivity (Wildman–Crippen MR) is 42.0 cm³/mol. The third-order valence-corrected chi connectivity index (χ3v) is 1.58. The Hall–Kier alpha value is -0.760. The summed E-state index contributed by atoms with van der Waals surface area (Å²) in [6.07, 6.45) is 0.626. The molecule has 0 fully saturated rings. The molecule has 0 saturated carbocycles. The lowest BCUT2D eigenvalue weighted by Gasteiger charge is -1.88. The molecule has 0 atom stereocenters. The number of nitrogens with zero attached hydrogens (tertiary/aromatic N) is 2. The topological polar surface area (TPSA) is 78.1 Å². The Kier molecular flexibility index (Phi) is 8.60. The minimum atomic E-state index is 0. The molecule has 0 N–H and O–H groups in total. The van der Waals surface area contributed by atoms with E-state index in [0.717, 1.165) is 5.56 Å². The number of rotatable bonds is 2.